The first-order valence-electron chi connectivity index (χ1n) is 8.23. The minimum absolute atomic E-state index is 0.0811. The normalized spacial score (nSPS) is 16.3. The average Bonchev–Trinajstić information content (AvgIpc) is 3.29. The molecule has 1 aromatic carbocycles. The summed E-state index contributed by atoms with van der Waals surface area (Å²) in [6, 6.07) is 12.3. The Morgan fingerprint density at radius 2 is 1.88 bits per heavy atom. The maximum absolute atomic E-state index is 12.5. The highest BCUT2D eigenvalue weighted by Crippen LogP contribution is 2.22. The SMILES string of the molecule is O=C(NNC(=O)C1CCCN1C(=O)Cc1ccccc1)c1ccc(Br)s1. The van der Waals surface area contributed by atoms with Gasteiger partial charge in [-0.1, -0.05) is 30.3 Å². The van der Waals surface area contributed by atoms with E-state index in [1.54, 1.807) is 17.0 Å². The number of rotatable bonds is 4. The predicted molar refractivity (Wildman–Crippen MR) is 103 cm³/mol. The number of hydrogen-bond donors (Lipinski definition) is 2. The van der Waals surface area contributed by atoms with Crippen molar-refractivity contribution < 1.29 is 14.4 Å². The van der Waals surface area contributed by atoms with E-state index in [-0.39, 0.29) is 24.1 Å². The lowest BCUT2D eigenvalue weighted by Crippen LogP contribution is -2.51. The summed E-state index contributed by atoms with van der Waals surface area (Å²) in [4.78, 5) is 39.1. The Morgan fingerprint density at radius 3 is 2.58 bits per heavy atom. The molecule has 3 amide bonds. The van der Waals surface area contributed by atoms with E-state index in [2.05, 4.69) is 26.8 Å². The van der Waals surface area contributed by atoms with Gasteiger partial charge in [0.15, 0.2) is 0 Å². The number of nitrogens with zero attached hydrogens (tertiary/aromatic N) is 1. The molecule has 8 heteroatoms. The van der Waals surface area contributed by atoms with Crippen molar-refractivity contribution in [1.29, 1.82) is 0 Å². The van der Waals surface area contributed by atoms with E-state index >= 15 is 0 Å². The molecule has 0 bridgehead atoms. The van der Waals surface area contributed by atoms with Gasteiger partial charge >= 0.3 is 0 Å². The fourth-order valence-electron chi connectivity index (χ4n) is 2.91. The van der Waals surface area contributed by atoms with E-state index in [1.807, 2.05) is 30.3 Å². The van der Waals surface area contributed by atoms with Gasteiger partial charge in [-0.25, -0.2) is 0 Å². The molecule has 0 saturated carbocycles. The molecule has 136 valence electrons. The van der Waals surface area contributed by atoms with Crippen LogP contribution in [0.15, 0.2) is 46.3 Å². The Kier molecular flexibility index (Phi) is 6.05. The number of carbonyl (C=O) groups excluding carboxylic acids is 3. The zero-order chi connectivity index (χ0) is 18.5. The van der Waals surface area contributed by atoms with Crippen LogP contribution in [0, 0.1) is 0 Å². The number of hydrogen-bond acceptors (Lipinski definition) is 4. The largest absolute Gasteiger partial charge is 0.330 e. The van der Waals surface area contributed by atoms with Crippen LogP contribution in [0.5, 0.6) is 0 Å². The van der Waals surface area contributed by atoms with Crippen LogP contribution in [0.25, 0.3) is 0 Å². The van der Waals surface area contributed by atoms with E-state index in [0.717, 1.165) is 15.8 Å². The Bertz CT molecular complexity index is 809. The van der Waals surface area contributed by atoms with E-state index in [0.29, 0.717) is 17.8 Å². The molecule has 2 N–H and O–H groups in total. The zero-order valence-corrected chi connectivity index (χ0v) is 16.3. The summed E-state index contributed by atoms with van der Waals surface area (Å²) >= 11 is 4.57. The number of amides is 3. The molecule has 1 aromatic heterocycles. The third kappa shape index (κ3) is 4.50. The average molecular weight is 436 g/mol. The Balaban J connectivity index is 1.56. The lowest BCUT2D eigenvalue weighted by Gasteiger charge is -2.24. The predicted octanol–water partition coefficient (Wildman–Crippen LogP) is 2.51. The second-order valence-corrected chi connectivity index (χ2v) is 8.42. The monoisotopic (exact) mass is 435 g/mol. The van der Waals surface area contributed by atoms with Crippen molar-refractivity contribution in [2.75, 3.05) is 6.54 Å². The molecule has 26 heavy (non-hydrogen) atoms. The fraction of sp³-hybridized carbons (Fsp3) is 0.278. The quantitative estimate of drug-likeness (QED) is 0.724. The Morgan fingerprint density at radius 1 is 1.12 bits per heavy atom. The van der Waals surface area contributed by atoms with Crippen LogP contribution >= 0.6 is 27.3 Å². The number of nitrogens with one attached hydrogen (secondary N) is 2. The molecule has 1 aliphatic rings. The van der Waals surface area contributed by atoms with Gasteiger partial charge < -0.3 is 4.90 Å². The summed E-state index contributed by atoms with van der Waals surface area (Å²) in [5, 5.41) is 0. The van der Waals surface area contributed by atoms with Crippen molar-refractivity contribution in [2.45, 2.75) is 25.3 Å². The van der Waals surface area contributed by atoms with E-state index in [1.165, 1.54) is 11.3 Å². The van der Waals surface area contributed by atoms with E-state index < -0.39 is 6.04 Å². The second kappa shape index (κ2) is 8.46. The lowest BCUT2D eigenvalue weighted by molar-refractivity contribution is -0.138. The first-order chi connectivity index (χ1) is 12.5. The maximum Gasteiger partial charge on any atom is 0.279 e. The highest BCUT2D eigenvalue weighted by Gasteiger charge is 2.34. The van der Waals surface area contributed by atoms with E-state index in [9.17, 15) is 14.4 Å². The van der Waals surface area contributed by atoms with Gasteiger partial charge in [-0.05, 0) is 46.5 Å². The molecule has 1 aliphatic heterocycles. The van der Waals surface area contributed by atoms with Crippen molar-refractivity contribution >= 4 is 45.0 Å². The third-order valence-corrected chi connectivity index (χ3v) is 5.79. The molecule has 1 fully saturated rings. The summed E-state index contributed by atoms with van der Waals surface area (Å²) < 4.78 is 0.836. The van der Waals surface area contributed by atoms with Crippen molar-refractivity contribution in [3.63, 3.8) is 0 Å². The van der Waals surface area contributed by atoms with Gasteiger partial charge in [0.2, 0.25) is 5.91 Å². The van der Waals surface area contributed by atoms with Crippen LogP contribution in [0.1, 0.15) is 28.1 Å². The van der Waals surface area contributed by atoms with Crippen LogP contribution in [-0.2, 0) is 16.0 Å². The van der Waals surface area contributed by atoms with E-state index in [4.69, 9.17) is 0 Å². The number of hydrazine groups is 1. The van der Waals surface area contributed by atoms with Gasteiger partial charge in [0.05, 0.1) is 15.1 Å². The standard InChI is InChI=1S/C18H18BrN3O3S/c19-15-9-8-14(26-15)18(25)21-20-17(24)13-7-4-10-22(13)16(23)11-12-5-2-1-3-6-12/h1-3,5-6,8-9,13H,4,7,10-11H2,(H,20,24)(H,21,25). The number of benzene rings is 1. The molecule has 0 spiro atoms. The number of carbonyl (C=O) groups is 3. The fourth-order valence-corrected chi connectivity index (χ4v) is 4.19. The summed E-state index contributed by atoms with van der Waals surface area (Å²) in [7, 11) is 0. The first-order valence-corrected chi connectivity index (χ1v) is 9.84. The third-order valence-electron chi connectivity index (χ3n) is 4.17. The van der Waals surface area contributed by atoms with Crippen molar-refractivity contribution in [3.05, 3.63) is 56.7 Å². The lowest BCUT2D eigenvalue weighted by atomic mass is 10.1. The first kappa shape index (κ1) is 18.6. The van der Waals surface area contributed by atoms with Crippen molar-refractivity contribution in [2.24, 2.45) is 0 Å². The molecule has 6 nitrogen and oxygen atoms in total. The van der Waals surface area contributed by atoms with Gasteiger partial charge in [0.1, 0.15) is 6.04 Å². The molecular formula is C18H18BrN3O3S. The number of likely N-dealkylation sites (tertiary alicyclic amines) is 1. The molecule has 0 radical (unpaired) electrons. The van der Waals surface area contributed by atoms with Crippen LogP contribution in [0.4, 0.5) is 0 Å². The van der Waals surface area contributed by atoms with Gasteiger partial charge in [-0.15, -0.1) is 11.3 Å². The summed E-state index contributed by atoms with van der Waals surface area (Å²) in [5.41, 5.74) is 5.77. The molecule has 2 heterocycles. The summed E-state index contributed by atoms with van der Waals surface area (Å²) in [6.07, 6.45) is 1.62. The van der Waals surface area contributed by atoms with Crippen molar-refractivity contribution in [1.82, 2.24) is 15.8 Å². The molecule has 0 aliphatic carbocycles. The highest BCUT2D eigenvalue weighted by atomic mass is 79.9. The van der Waals surface area contributed by atoms with Crippen LogP contribution in [-0.4, -0.2) is 35.2 Å². The number of thiophene rings is 1. The second-order valence-electron chi connectivity index (χ2n) is 5.95. The highest BCUT2D eigenvalue weighted by molar-refractivity contribution is 9.11. The Labute approximate surface area is 163 Å². The minimum Gasteiger partial charge on any atom is -0.330 e. The van der Waals surface area contributed by atoms with Gasteiger partial charge in [-0.2, -0.15) is 0 Å². The molecule has 1 saturated heterocycles. The summed E-state index contributed by atoms with van der Waals surface area (Å²) in [5.74, 6) is -0.829. The molecule has 1 atom stereocenters. The zero-order valence-electron chi connectivity index (χ0n) is 13.9. The molecule has 2 aromatic rings. The minimum atomic E-state index is -0.554. The molecule has 1 unspecified atom stereocenters. The Hall–Kier alpha value is -2.19. The van der Waals surface area contributed by atoms with Crippen LogP contribution < -0.4 is 10.9 Å². The van der Waals surface area contributed by atoms with Gasteiger partial charge in [0.25, 0.3) is 11.8 Å². The topological polar surface area (TPSA) is 78.5 Å². The van der Waals surface area contributed by atoms with Gasteiger partial charge in [0, 0.05) is 6.54 Å². The molecule has 3 rings (SSSR count). The smallest absolute Gasteiger partial charge is 0.279 e. The van der Waals surface area contributed by atoms with Gasteiger partial charge in [-0.3, -0.25) is 25.2 Å². The van der Waals surface area contributed by atoms with Crippen LogP contribution in [0.2, 0.25) is 0 Å². The maximum atomic E-state index is 12.5. The van der Waals surface area contributed by atoms with Crippen molar-refractivity contribution in [3.8, 4) is 0 Å². The molecular weight excluding hydrogens is 418 g/mol. The van der Waals surface area contributed by atoms with Crippen LogP contribution in [0.3, 0.4) is 0 Å². The number of halogens is 1. The summed E-state index contributed by atoms with van der Waals surface area (Å²) in [6.45, 7) is 0.551.